The summed E-state index contributed by atoms with van der Waals surface area (Å²) >= 11 is 0. The van der Waals surface area contributed by atoms with E-state index in [0.717, 1.165) is 11.0 Å². The van der Waals surface area contributed by atoms with E-state index in [1.165, 1.54) is 6.07 Å². The van der Waals surface area contributed by atoms with Gasteiger partial charge < -0.3 is 53.0 Å². The Kier molecular flexibility index (Phi) is 8.63. The molecule has 48 heavy (non-hydrogen) atoms. The summed E-state index contributed by atoms with van der Waals surface area (Å²) in [6.45, 7) is 3.09. The van der Waals surface area contributed by atoms with Crippen molar-refractivity contribution < 1.29 is 9.90 Å². The van der Waals surface area contributed by atoms with Gasteiger partial charge in [0.15, 0.2) is 0 Å². The lowest BCUT2D eigenvalue weighted by Crippen LogP contribution is -2.54. The largest absolute Gasteiger partial charge is 0.507 e. The summed E-state index contributed by atoms with van der Waals surface area (Å²) in [6, 6.07) is 11.9. The first kappa shape index (κ1) is 31.8. The highest BCUT2D eigenvalue weighted by Crippen LogP contribution is 2.30. The third kappa shape index (κ3) is 6.51. The molecule has 4 atom stereocenters. The number of nitrogens with one attached hydrogen (secondary N) is 2. The Morgan fingerprint density at radius 3 is 2.00 bits per heavy atom. The zero-order valence-electron chi connectivity index (χ0n) is 26.7. The van der Waals surface area contributed by atoms with Crippen molar-refractivity contribution in [2.75, 3.05) is 54.4 Å². The third-order valence-corrected chi connectivity index (χ3v) is 9.43. The molecule has 2 aromatic heterocycles. The molecule has 11 N–H and O–H groups in total. The Hall–Kier alpha value is -4.77. The van der Waals surface area contributed by atoms with Crippen LogP contribution in [0.25, 0.3) is 11.0 Å². The number of hydrogen-bond donors (Lipinski definition) is 7. The van der Waals surface area contributed by atoms with E-state index in [4.69, 9.17) is 27.9 Å². The van der Waals surface area contributed by atoms with E-state index in [1.807, 2.05) is 34.1 Å². The van der Waals surface area contributed by atoms with Gasteiger partial charge >= 0.3 is 5.69 Å². The molecule has 3 fully saturated rings. The Bertz CT molecular complexity index is 1790. The van der Waals surface area contributed by atoms with Gasteiger partial charge in [-0.1, -0.05) is 12.1 Å². The summed E-state index contributed by atoms with van der Waals surface area (Å²) < 4.78 is 1.79. The van der Waals surface area contributed by atoms with Gasteiger partial charge in [0.1, 0.15) is 5.75 Å². The van der Waals surface area contributed by atoms with E-state index < -0.39 is 0 Å². The minimum atomic E-state index is -0.274. The number of likely N-dealkylation sites (tertiary alicyclic amines) is 1. The number of anilines is 4. The average Bonchev–Trinajstić information content (AvgIpc) is 3.39. The van der Waals surface area contributed by atoms with Crippen molar-refractivity contribution in [3.8, 4) is 5.75 Å². The van der Waals surface area contributed by atoms with Crippen LogP contribution in [0, 0.1) is 0 Å². The molecule has 3 aliphatic heterocycles. The fourth-order valence-corrected chi connectivity index (χ4v) is 7.23. The monoisotopic (exact) mass is 657 g/mol. The van der Waals surface area contributed by atoms with E-state index in [0.29, 0.717) is 82.5 Å². The number of aromatic nitrogens is 5. The normalized spacial score (nSPS) is 23.9. The van der Waals surface area contributed by atoms with Gasteiger partial charge in [0.2, 0.25) is 17.8 Å². The first-order chi connectivity index (χ1) is 23.1. The van der Waals surface area contributed by atoms with Crippen molar-refractivity contribution in [1.82, 2.24) is 29.4 Å². The van der Waals surface area contributed by atoms with Crippen molar-refractivity contribution in [3.05, 3.63) is 58.5 Å². The maximum atomic E-state index is 13.5. The predicted octanol–water partition coefficient (Wildman–Crippen LogP) is 0.171. The van der Waals surface area contributed by atoms with Crippen LogP contribution in [0.5, 0.6) is 5.75 Å². The summed E-state index contributed by atoms with van der Waals surface area (Å²) in [6.07, 6.45) is 2.67. The number of phenolic OH excluding ortho intramolecular Hbond substituents is 1. The molecule has 0 radical (unpaired) electrons. The average molecular weight is 658 g/mol. The van der Waals surface area contributed by atoms with E-state index in [-0.39, 0.29) is 59.1 Å². The molecular weight excluding hydrogens is 614 g/mol. The van der Waals surface area contributed by atoms with Gasteiger partial charge in [-0.3, -0.25) is 9.36 Å². The van der Waals surface area contributed by atoms with Crippen molar-refractivity contribution in [3.63, 3.8) is 0 Å². The van der Waals surface area contributed by atoms with Crippen LogP contribution >= 0.6 is 0 Å². The van der Waals surface area contributed by atoms with Gasteiger partial charge in [0.05, 0.1) is 16.6 Å². The van der Waals surface area contributed by atoms with Crippen LogP contribution in [-0.2, 0) is 0 Å². The summed E-state index contributed by atoms with van der Waals surface area (Å²) in [5, 5.41) is 14.2. The number of carbonyl (C=O) groups is 1. The molecule has 3 aliphatic rings. The fraction of sp³-hybridized carbons (Fsp3) is 0.469. The zero-order valence-corrected chi connectivity index (χ0v) is 26.7. The van der Waals surface area contributed by atoms with Crippen molar-refractivity contribution in [2.45, 2.75) is 55.9 Å². The number of para-hydroxylation sites is 2. The smallest absolute Gasteiger partial charge is 0.326 e. The van der Waals surface area contributed by atoms with E-state index in [2.05, 4.69) is 20.3 Å². The molecule has 0 saturated carbocycles. The summed E-state index contributed by atoms with van der Waals surface area (Å²) in [5.41, 5.74) is 27.3. The molecule has 3 saturated heterocycles. The lowest BCUT2D eigenvalue weighted by Gasteiger charge is -2.37. The van der Waals surface area contributed by atoms with Gasteiger partial charge in [0.25, 0.3) is 5.91 Å². The van der Waals surface area contributed by atoms with Crippen molar-refractivity contribution in [2.24, 2.45) is 22.9 Å². The molecule has 4 aromatic rings. The second-order valence-corrected chi connectivity index (χ2v) is 13.3. The van der Waals surface area contributed by atoms with Crippen LogP contribution in [0.1, 0.15) is 42.1 Å². The fourth-order valence-electron chi connectivity index (χ4n) is 7.23. The maximum absolute atomic E-state index is 13.5. The number of amides is 1. The maximum Gasteiger partial charge on any atom is 0.326 e. The van der Waals surface area contributed by atoms with Gasteiger partial charge in [-0.25, -0.2) is 4.79 Å². The molecular formula is C32H43N13O3. The van der Waals surface area contributed by atoms with E-state index in [9.17, 15) is 14.7 Å². The summed E-state index contributed by atoms with van der Waals surface area (Å²) in [4.78, 5) is 48.8. The number of fused-ring (bicyclic) bond motifs is 1. The first-order valence-corrected chi connectivity index (χ1v) is 16.5. The number of rotatable bonds is 6. The number of carbonyl (C=O) groups excluding carboxylic acids is 1. The Morgan fingerprint density at radius 1 is 0.833 bits per heavy atom. The lowest BCUT2D eigenvalue weighted by atomic mass is 10.0. The van der Waals surface area contributed by atoms with Crippen LogP contribution < -0.4 is 43.7 Å². The molecule has 16 nitrogen and oxygen atoms in total. The molecule has 254 valence electrons. The van der Waals surface area contributed by atoms with Crippen LogP contribution in [0.3, 0.4) is 0 Å². The Balaban J connectivity index is 1.08. The highest BCUT2D eigenvalue weighted by molar-refractivity contribution is 5.97. The van der Waals surface area contributed by atoms with E-state index in [1.54, 1.807) is 21.6 Å². The Labute approximate surface area is 277 Å². The highest BCUT2D eigenvalue weighted by atomic mass is 16.3. The van der Waals surface area contributed by atoms with Crippen LogP contribution in [0.4, 0.5) is 23.5 Å². The number of piperidine rings is 3. The molecule has 7 rings (SSSR count). The van der Waals surface area contributed by atoms with Crippen LogP contribution in [0.15, 0.2) is 47.3 Å². The second-order valence-electron chi connectivity index (χ2n) is 13.3. The third-order valence-electron chi connectivity index (χ3n) is 9.43. The SMILES string of the molecule is NC1CC(N)CN(c2nc(Nc3ccc(C(=O)N4CCC(n5c(=O)[nH]c6ccccc65)CC4)c(O)c3)nc(N3CC(N)CC(N)C3)n2)C1. The number of H-pyrrole nitrogens is 1. The number of hydrogen-bond acceptors (Lipinski definition) is 13. The topological polar surface area (TPSA) is 240 Å². The summed E-state index contributed by atoms with van der Waals surface area (Å²) in [5.74, 6) is 0.660. The van der Waals surface area contributed by atoms with Gasteiger partial charge in [-0.2, -0.15) is 15.0 Å². The number of aromatic amines is 1. The van der Waals surface area contributed by atoms with Crippen LogP contribution in [-0.4, -0.2) is 104 Å². The lowest BCUT2D eigenvalue weighted by molar-refractivity contribution is 0.0692. The molecule has 0 bridgehead atoms. The van der Waals surface area contributed by atoms with Crippen LogP contribution in [0.2, 0.25) is 0 Å². The molecule has 2 aromatic carbocycles. The zero-order chi connectivity index (χ0) is 33.5. The second kappa shape index (κ2) is 13.0. The molecule has 0 aliphatic carbocycles. The minimum absolute atomic E-state index is 0.0270. The highest BCUT2D eigenvalue weighted by Gasteiger charge is 2.30. The quantitative estimate of drug-likeness (QED) is 0.147. The number of nitrogens with two attached hydrogens (primary N) is 4. The standard InChI is InChI=1S/C32H43N13O3/c33-18-11-19(34)15-43(14-18)30-39-29(40-31(41-30)44-16-20(35)12-21(36)17-44)37-22-5-6-24(27(46)13-22)28(47)42-9-7-23(8-10-42)45-26-4-2-1-3-25(26)38-32(45)48/h1-6,13,18-21,23,46H,7-12,14-17,33-36H2,(H,38,48)(H,37,39,40,41). The number of imidazole rings is 1. The molecule has 1 amide bonds. The number of nitrogens with zero attached hydrogens (tertiary/aromatic N) is 7. The van der Waals surface area contributed by atoms with Gasteiger partial charge in [0, 0.05) is 81.2 Å². The predicted molar refractivity (Wildman–Crippen MR) is 184 cm³/mol. The Morgan fingerprint density at radius 2 is 1.42 bits per heavy atom. The molecule has 4 unspecified atom stereocenters. The molecule has 16 heteroatoms. The first-order valence-electron chi connectivity index (χ1n) is 16.5. The summed E-state index contributed by atoms with van der Waals surface area (Å²) in [7, 11) is 0. The van der Waals surface area contributed by atoms with E-state index >= 15 is 0 Å². The van der Waals surface area contributed by atoms with Crippen molar-refractivity contribution in [1.29, 1.82) is 0 Å². The van der Waals surface area contributed by atoms with Gasteiger partial charge in [-0.15, -0.1) is 0 Å². The number of phenols is 1. The number of aromatic hydroxyl groups is 1. The molecule has 5 heterocycles. The minimum Gasteiger partial charge on any atom is -0.507 e. The van der Waals surface area contributed by atoms with Gasteiger partial charge in [-0.05, 0) is 49.9 Å². The molecule has 0 spiro atoms. The van der Waals surface area contributed by atoms with Crippen molar-refractivity contribution >= 4 is 40.5 Å². The number of benzene rings is 2.